The lowest BCUT2D eigenvalue weighted by molar-refractivity contribution is 0.0993. The summed E-state index contributed by atoms with van der Waals surface area (Å²) >= 11 is 1.49. The van der Waals surface area contributed by atoms with Crippen LogP contribution in [0.4, 0.5) is 0 Å². The molecule has 1 aliphatic carbocycles. The molecule has 1 fully saturated rings. The van der Waals surface area contributed by atoms with Crippen molar-refractivity contribution in [2.24, 2.45) is 0 Å². The van der Waals surface area contributed by atoms with Crippen molar-refractivity contribution in [3.63, 3.8) is 0 Å². The first kappa shape index (κ1) is 19.8. The summed E-state index contributed by atoms with van der Waals surface area (Å²) in [6.45, 7) is 8.47. The SMILES string of the molecule is C[C@H](Sc1nnc(-c2ccncc2)n1C1CC1)C(=O)c1ccc(C(C)(C)C)cc1. The summed E-state index contributed by atoms with van der Waals surface area (Å²) in [5, 5.41) is 9.42. The van der Waals surface area contributed by atoms with E-state index in [4.69, 9.17) is 0 Å². The van der Waals surface area contributed by atoms with Gasteiger partial charge in [-0.25, -0.2) is 0 Å². The van der Waals surface area contributed by atoms with Crippen LogP contribution in [-0.4, -0.2) is 30.8 Å². The maximum absolute atomic E-state index is 13.0. The van der Waals surface area contributed by atoms with Crippen LogP contribution < -0.4 is 0 Å². The molecule has 5 nitrogen and oxygen atoms in total. The average molecular weight is 407 g/mol. The number of carbonyl (C=O) groups is 1. The van der Waals surface area contributed by atoms with E-state index in [1.54, 1.807) is 12.4 Å². The van der Waals surface area contributed by atoms with E-state index < -0.39 is 0 Å². The Morgan fingerprint density at radius 2 is 1.72 bits per heavy atom. The predicted molar refractivity (Wildman–Crippen MR) is 116 cm³/mol. The molecule has 6 heteroatoms. The van der Waals surface area contributed by atoms with Crippen LogP contribution in [0.25, 0.3) is 11.4 Å². The number of rotatable bonds is 6. The molecule has 4 rings (SSSR count). The van der Waals surface area contributed by atoms with E-state index in [9.17, 15) is 4.79 Å². The highest BCUT2D eigenvalue weighted by Crippen LogP contribution is 2.41. The molecule has 1 aromatic carbocycles. The fourth-order valence-electron chi connectivity index (χ4n) is 3.30. The van der Waals surface area contributed by atoms with Crippen LogP contribution in [0.5, 0.6) is 0 Å². The van der Waals surface area contributed by atoms with Crippen molar-refractivity contribution in [1.29, 1.82) is 0 Å². The van der Waals surface area contributed by atoms with E-state index in [1.807, 2.05) is 31.2 Å². The first-order chi connectivity index (χ1) is 13.8. The minimum Gasteiger partial charge on any atom is -0.299 e. The van der Waals surface area contributed by atoms with Crippen molar-refractivity contribution in [1.82, 2.24) is 19.7 Å². The Kier molecular flexibility index (Phi) is 5.30. The molecule has 1 atom stereocenters. The van der Waals surface area contributed by atoms with E-state index in [-0.39, 0.29) is 16.4 Å². The number of hydrogen-bond donors (Lipinski definition) is 0. The molecule has 2 heterocycles. The van der Waals surface area contributed by atoms with E-state index in [0.29, 0.717) is 6.04 Å². The Balaban J connectivity index is 1.55. The van der Waals surface area contributed by atoms with Crippen molar-refractivity contribution < 1.29 is 4.79 Å². The van der Waals surface area contributed by atoms with Gasteiger partial charge in [0, 0.05) is 29.6 Å². The van der Waals surface area contributed by atoms with Crippen LogP contribution in [-0.2, 0) is 5.41 Å². The second kappa shape index (κ2) is 7.75. The Morgan fingerprint density at radius 3 is 2.31 bits per heavy atom. The highest BCUT2D eigenvalue weighted by atomic mass is 32.2. The van der Waals surface area contributed by atoms with Gasteiger partial charge in [-0.2, -0.15) is 0 Å². The molecule has 0 saturated heterocycles. The summed E-state index contributed by atoms with van der Waals surface area (Å²) in [5.41, 5.74) is 3.05. The first-order valence-electron chi connectivity index (χ1n) is 10.0. The quantitative estimate of drug-likeness (QED) is 0.409. The van der Waals surface area contributed by atoms with Gasteiger partial charge in [0.05, 0.1) is 5.25 Å². The maximum Gasteiger partial charge on any atom is 0.192 e. The van der Waals surface area contributed by atoms with Crippen LogP contribution in [0.1, 0.15) is 62.5 Å². The lowest BCUT2D eigenvalue weighted by Crippen LogP contribution is -2.16. The number of benzene rings is 1. The molecule has 0 spiro atoms. The third-order valence-corrected chi connectivity index (χ3v) is 6.26. The number of thioether (sulfide) groups is 1. The van der Waals surface area contributed by atoms with Gasteiger partial charge >= 0.3 is 0 Å². The molecule has 0 N–H and O–H groups in total. The molecule has 150 valence electrons. The number of nitrogens with zero attached hydrogens (tertiary/aromatic N) is 4. The zero-order chi connectivity index (χ0) is 20.6. The molecule has 0 aliphatic heterocycles. The van der Waals surface area contributed by atoms with Crippen LogP contribution in [0.3, 0.4) is 0 Å². The van der Waals surface area contributed by atoms with E-state index in [0.717, 1.165) is 34.9 Å². The predicted octanol–water partition coefficient (Wildman–Crippen LogP) is 5.34. The molecule has 0 radical (unpaired) electrons. The van der Waals surface area contributed by atoms with Crippen molar-refractivity contribution in [3.05, 3.63) is 59.9 Å². The number of hydrogen-bond acceptors (Lipinski definition) is 5. The molecule has 0 amide bonds. The molecular formula is C23H26N4OS. The van der Waals surface area contributed by atoms with Gasteiger partial charge in [-0.1, -0.05) is 56.8 Å². The smallest absolute Gasteiger partial charge is 0.192 e. The van der Waals surface area contributed by atoms with E-state index in [2.05, 4.69) is 52.7 Å². The number of ketones is 1. The molecule has 29 heavy (non-hydrogen) atoms. The number of Topliss-reactive ketones (excluding diaryl/α,β-unsaturated/α-hetero) is 1. The number of pyridine rings is 1. The fraction of sp³-hybridized carbons (Fsp3) is 0.391. The second-order valence-electron chi connectivity index (χ2n) is 8.59. The van der Waals surface area contributed by atoms with Crippen LogP contribution in [0.15, 0.2) is 53.9 Å². The van der Waals surface area contributed by atoms with Gasteiger partial charge in [0.15, 0.2) is 16.8 Å². The zero-order valence-electron chi connectivity index (χ0n) is 17.3. The van der Waals surface area contributed by atoms with Gasteiger partial charge < -0.3 is 0 Å². The summed E-state index contributed by atoms with van der Waals surface area (Å²) < 4.78 is 2.19. The Labute approximate surface area is 176 Å². The molecule has 1 aliphatic rings. The summed E-state index contributed by atoms with van der Waals surface area (Å²) in [6.07, 6.45) is 5.78. The lowest BCUT2D eigenvalue weighted by Gasteiger charge is -2.19. The molecule has 2 aromatic heterocycles. The normalized spacial score (nSPS) is 15.3. The Bertz CT molecular complexity index is 1000. The van der Waals surface area contributed by atoms with Crippen molar-refractivity contribution in [2.45, 2.75) is 62.4 Å². The highest BCUT2D eigenvalue weighted by Gasteiger charge is 2.31. The summed E-state index contributed by atoms with van der Waals surface area (Å²) in [6, 6.07) is 12.3. The van der Waals surface area contributed by atoms with Gasteiger partial charge in [0.25, 0.3) is 0 Å². The van der Waals surface area contributed by atoms with E-state index in [1.165, 1.54) is 17.3 Å². The monoisotopic (exact) mass is 406 g/mol. The average Bonchev–Trinajstić information content (AvgIpc) is 3.47. The van der Waals surface area contributed by atoms with Crippen LogP contribution in [0.2, 0.25) is 0 Å². The topological polar surface area (TPSA) is 60.7 Å². The standard InChI is InChI=1S/C23H26N4OS/c1-15(20(28)16-5-7-18(8-6-16)23(2,3)4)29-22-26-25-21(27(22)19-9-10-19)17-11-13-24-14-12-17/h5-8,11-15,19H,9-10H2,1-4H3/t15-/m0/s1. The summed E-state index contributed by atoms with van der Waals surface area (Å²) in [7, 11) is 0. The molecule has 0 bridgehead atoms. The van der Waals surface area contributed by atoms with Crippen molar-refractivity contribution >= 4 is 17.5 Å². The van der Waals surface area contributed by atoms with Gasteiger partial charge in [0.1, 0.15) is 0 Å². The molecule has 1 saturated carbocycles. The summed E-state index contributed by atoms with van der Waals surface area (Å²) in [5.74, 6) is 0.970. The first-order valence-corrected chi connectivity index (χ1v) is 10.9. The molecule has 0 unspecified atom stereocenters. The van der Waals surface area contributed by atoms with Crippen molar-refractivity contribution in [2.75, 3.05) is 0 Å². The minimum absolute atomic E-state index is 0.0754. The summed E-state index contributed by atoms with van der Waals surface area (Å²) in [4.78, 5) is 17.1. The lowest BCUT2D eigenvalue weighted by atomic mass is 9.86. The largest absolute Gasteiger partial charge is 0.299 e. The third kappa shape index (κ3) is 4.27. The van der Waals surface area contributed by atoms with Gasteiger partial charge in [-0.15, -0.1) is 10.2 Å². The number of aromatic nitrogens is 4. The van der Waals surface area contributed by atoms with Crippen molar-refractivity contribution in [3.8, 4) is 11.4 Å². The van der Waals surface area contributed by atoms with Gasteiger partial charge in [-0.05, 0) is 42.9 Å². The highest BCUT2D eigenvalue weighted by molar-refractivity contribution is 8.00. The number of carbonyl (C=O) groups excluding carboxylic acids is 1. The Hall–Kier alpha value is -2.47. The maximum atomic E-state index is 13.0. The zero-order valence-corrected chi connectivity index (χ0v) is 18.1. The Morgan fingerprint density at radius 1 is 1.07 bits per heavy atom. The van der Waals surface area contributed by atoms with E-state index >= 15 is 0 Å². The fourth-order valence-corrected chi connectivity index (χ4v) is 4.29. The van der Waals surface area contributed by atoms with Crippen LogP contribution in [0, 0.1) is 0 Å². The molecule has 3 aromatic rings. The minimum atomic E-state index is -0.234. The van der Waals surface area contributed by atoms with Gasteiger partial charge in [0.2, 0.25) is 0 Å². The second-order valence-corrected chi connectivity index (χ2v) is 9.90. The van der Waals surface area contributed by atoms with Gasteiger partial charge in [-0.3, -0.25) is 14.3 Å². The molecular weight excluding hydrogens is 380 g/mol. The van der Waals surface area contributed by atoms with Crippen LogP contribution >= 0.6 is 11.8 Å². The third-order valence-electron chi connectivity index (χ3n) is 5.20.